The van der Waals surface area contributed by atoms with E-state index in [2.05, 4.69) is 91.0 Å². The van der Waals surface area contributed by atoms with Crippen molar-refractivity contribution in [2.24, 2.45) is 0 Å². The largest absolute Gasteiger partial charge is 0.387 e. The van der Waals surface area contributed by atoms with E-state index in [9.17, 15) is 9.67 Å². The van der Waals surface area contributed by atoms with Crippen LogP contribution in [0.1, 0.15) is 11.1 Å². The minimum absolute atomic E-state index is 0.626. The Hall–Kier alpha value is -5.21. The minimum atomic E-state index is -4.22. The normalized spacial score (nSPS) is 17.4. The van der Waals surface area contributed by atoms with Gasteiger partial charge in [0.1, 0.15) is 11.3 Å². The van der Waals surface area contributed by atoms with Crippen LogP contribution in [0.25, 0.3) is 76.6 Å². The van der Waals surface area contributed by atoms with Gasteiger partial charge >= 0.3 is 0 Å². The van der Waals surface area contributed by atoms with Crippen molar-refractivity contribution in [3.63, 3.8) is 0 Å². The summed E-state index contributed by atoms with van der Waals surface area (Å²) >= 11 is 14.1. The van der Waals surface area contributed by atoms with Gasteiger partial charge in [0.05, 0.1) is 0 Å². The van der Waals surface area contributed by atoms with Crippen LogP contribution in [-0.4, -0.2) is 11.2 Å². The second kappa shape index (κ2) is 12.2. The van der Waals surface area contributed by atoms with Gasteiger partial charge in [0.2, 0.25) is 0 Å². The number of rotatable bonds is 4. The van der Waals surface area contributed by atoms with E-state index in [1.807, 2.05) is 84.9 Å². The molecule has 1 aliphatic carbocycles. The Labute approximate surface area is 315 Å². The molecule has 0 aromatic heterocycles. The van der Waals surface area contributed by atoms with Crippen molar-refractivity contribution in [2.45, 2.75) is 11.3 Å². The van der Waals surface area contributed by atoms with Crippen molar-refractivity contribution in [3.05, 3.63) is 191 Å². The molecule has 9 aromatic rings. The van der Waals surface area contributed by atoms with E-state index in [0.717, 1.165) is 70.2 Å². The molecule has 0 bridgehead atoms. The Balaban J connectivity index is 1.33. The van der Waals surface area contributed by atoms with Gasteiger partial charge in [0.25, 0.3) is 5.85 Å². The number of halogens is 2. The molecule has 1 aliphatic rings. The highest BCUT2D eigenvalue weighted by atomic mass is 35.9. The van der Waals surface area contributed by atoms with Crippen LogP contribution >= 0.6 is 28.3 Å². The molecule has 1 N–H and O–H groups in total. The minimum Gasteiger partial charge on any atom is -0.387 e. The summed E-state index contributed by atoms with van der Waals surface area (Å²) in [6.07, 6.45) is 0.478. The fraction of sp³-hybridized carbons (Fsp3) is 0.0417. The first-order valence-corrected chi connectivity index (χ1v) is 21.2. The average Bonchev–Trinajstić information content (AvgIpc) is 3.19. The third-order valence-electron chi connectivity index (χ3n) is 11.2. The maximum absolute atomic E-state index is 14.8. The van der Waals surface area contributed by atoms with Crippen LogP contribution in [-0.2, 0) is 9.72 Å². The van der Waals surface area contributed by atoms with E-state index in [1.165, 1.54) is 10.8 Å². The Kier molecular flexibility index (Phi) is 7.45. The number of hydrogen-bond donors (Lipinski definition) is 1. The highest BCUT2D eigenvalue weighted by Crippen LogP contribution is 2.75. The Morgan fingerprint density at radius 1 is 0.491 bits per heavy atom. The van der Waals surface area contributed by atoms with Gasteiger partial charge in [-0.25, -0.2) is 0 Å². The molecule has 9 aromatic carbocycles. The lowest BCUT2D eigenvalue weighted by molar-refractivity contribution is 0.203. The summed E-state index contributed by atoms with van der Waals surface area (Å²) in [5.41, 5.74) is 4.18. The van der Waals surface area contributed by atoms with Crippen molar-refractivity contribution in [1.82, 2.24) is 0 Å². The topological polar surface area (TPSA) is 37.3 Å². The van der Waals surface area contributed by atoms with E-state index in [0.29, 0.717) is 11.1 Å². The Bertz CT molecular complexity index is 3170. The predicted octanol–water partition coefficient (Wildman–Crippen LogP) is 12.0. The fourth-order valence-corrected chi connectivity index (χ4v) is 11.4. The number of aliphatic hydroxyl groups excluding tert-OH is 1. The highest BCUT2D eigenvalue weighted by Gasteiger charge is 2.55. The lowest BCUT2D eigenvalue weighted by Gasteiger charge is -2.41. The van der Waals surface area contributed by atoms with Crippen LogP contribution in [0, 0.1) is 0 Å². The summed E-state index contributed by atoms with van der Waals surface area (Å²) < 4.78 is 14.8. The van der Waals surface area contributed by atoms with Crippen molar-refractivity contribution in [3.8, 4) is 11.1 Å². The van der Waals surface area contributed by atoms with Crippen LogP contribution in [0.4, 0.5) is 0 Å². The third kappa shape index (κ3) is 4.87. The molecule has 2 nitrogen and oxygen atoms in total. The summed E-state index contributed by atoms with van der Waals surface area (Å²) in [6.45, 7) is 0. The molecule has 0 saturated heterocycles. The Morgan fingerprint density at radius 3 is 1.64 bits per heavy atom. The lowest BCUT2D eigenvalue weighted by atomic mass is 9.76. The molecule has 0 amide bonds. The molecular formula is C48H31Cl2O2P. The molecular weight excluding hydrogens is 710 g/mol. The monoisotopic (exact) mass is 740 g/mol. The van der Waals surface area contributed by atoms with Gasteiger partial charge in [-0.2, -0.15) is 0 Å². The average molecular weight is 742 g/mol. The van der Waals surface area contributed by atoms with Crippen molar-refractivity contribution >= 4 is 93.8 Å². The second-order valence-corrected chi connectivity index (χ2v) is 19.0. The summed E-state index contributed by atoms with van der Waals surface area (Å²) in [5.74, 6) is -4.22. The maximum atomic E-state index is 14.8. The predicted molar refractivity (Wildman–Crippen MR) is 226 cm³/mol. The third-order valence-corrected chi connectivity index (χ3v) is 14.3. The van der Waals surface area contributed by atoms with E-state index >= 15 is 0 Å². The number of benzene rings is 9. The van der Waals surface area contributed by atoms with E-state index in [1.54, 1.807) is 0 Å². The zero-order valence-electron chi connectivity index (χ0n) is 28.4. The van der Waals surface area contributed by atoms with Crippen LogP contribution in [0.2, 0.25) is 0 Å². The molecule has 10 rings (SSSR count). The number of hydrogen-bond acceptors (Lipinski definition) is 2. The SMILES string of the molecule is O=P(Cl)(Cl)C1(c2cc3ccccc3c3ccccc23)C=c2ccccc2=C(c2cc(-c3cc4ccccc4c4ccccc34)cc3ccccc23)[C@H]1O. The van der Waals surface area contributed by atoms with Gasteiger partial charge in [-0.15, -0.1) is 0 Å². The smallest absolute Gasteiger partial charge is 0.269 e. The molecule has 254 valence electrons. The molecule has 0 radical (unpaired) electrons. The molecule has 0 saturated carbocycles. The van der Waals surface area contributed by atoms with E-state index in [-0.39, 0.29) is 0 Å². The molecule has 2 atom stereocenters. The lowest BCUT2D eigenvalue weighted by Crippen LogP contribution is -2.48. The molecule has 53 heavy (non-hydrogen) atoms. The standard InChI is InChI=1S/C48H31Cl2O2P/c49-53(50,52)48(45-28-32-15-3-6-18-36(32)40-22-11-12-24-42(40)45)29-33-16-4-8-20-38(33)46(47(48)51)44-27-34(25-30-13-1-7-19-37(30)44)43-26-31-14-2-5-17-35(31)39-21-9-10-23-41(39)43/h1-29,47,51H/t47-,48?/m1/s1. The van der Waals surface area contributed by atoms with Gasteiger partial charge in [-0.3, -0.25) is 4.57 Å². The molecule has 0 fully saturated rings. The van der Waals surface area contributed by atoms with Crippen molar-refractivity contribution in [1.29, 1.82) is 0 Å². The van der Waals surface area contributed by atoms with E-state index < -0.39 is 17.1 Å². The fourth-order valence-electron chi connectivity index (χ4n) is 8.79. The Morgan fingerprint density at radius 2 is 0.981 bits per heavy atom. The van der Waals surface area contributed by atoms with Gasteiger partial charge in [-0.05, 0) is 139 Å². The van der Waals surface area contributed by atoms with Crippen molar-refractivity contribution < 1.29 is 9.67 Å². The molecule has 5 heteroatoms. The summed E-state index contributed by atoms with van der Waals surface area (Å²) in [4.78, 5) is 0. The van der Waals surface area contributed by atoms with Gasteiger partial charge in [-0.1, -0.05) is 152 Å². The zero-order valence-corrected chi connectivity index (χ0v) is 30.8. The van der Waals surface area contributed by atoms with Crippen LogP contribution < -0.4 is 10.4 Å². The van der Waals surface area contributed by atoms with Gasteiger partial charge in [0, 0.05) is 0 Å². The van der Waals surface area contributed by atoms with Crippen LogP contribution in [0.5, 0.6) is 0 Å². The highest BCUT2D eigenvalue weighted by molar-refractivity contribution is 8.09. The van der Waals surface area contributed by atoms with Crippen LogP contribution in [0.3, 0.4) is 0 Å². The van der Waals surface area contributed by atoms with Gasteiger partial charge in [0.15, 0.2) is 0 Å². The molecule has 0 aliphatic heterocycles. The van der Waals surface area contributed by atoms with Gasteiger partial charge < -0.3 is 5.11 Å². The first-order valence-electron chi connectivity index (χ1n) is 17.7. The first-order chi connectivity index (χ1) is 25.8. The van der Waals surface area contributed by atoms with E-state index in [4.69, 9.17) is 22.5 Å². The quantitative estimate of drug-likeness (QED) is 0.144. The number of fused-ring (bicyclic) bond motifs is 8. The zero-order chi connectivity index (χ0) is 35.9. The number of aliphatic hydroxyl groups is 1. The summed E-state index contributed by atoms with van der Waals surface area (Å²) in [7, 11) is 0. The summed E-state index contributed by atoms with van der Waals surface area (Å²) in [5, 5.41) is 23.6. The van der Waals surface area contributed by atoms with Crippen LogP contribution in [0.15, 0.2) is 170 Å². The molecule has 0 heterocycles. The molecule has 1 unspecified atom stereocenters. The first kappa shape index (κ1) is 32.4. The van der Waals surface area contributed by atoms with Crippen molar-refractivity contribution in [2.75, 3.05) is 0 Å². The second-order valence-electron chi connectivity index (χ2n) is 14.0. The maximum Gasteiger partial charge on any atom is 0.269 e. The molecule has 0 spiro atoms. The summed E-state index contributed by atoms with van der Waals surface area (Å²) in [6, 6.07) is 58.0.